The number of anilines is 1. The number of thiophene rings is 1. The van der Waals surface area contributed by atoms with Gasteiger partial charge in [0.1, 0.15) is 5.82 Å². The summed E-state index contributed by atoms with van der Waals surface area (Å²) >= 11 is 5.14. The highest BCUT2D eigenvalue weighted by atomic mass is 79.9. The van der Waals surface area contributed by atoms with E-state index in [2.05, 4.69) is 32.4 Å². The molecule has 0 unspecified atom stereocenters. The Morgan fingerprint density at radius 1 is 1.53 bits per heavy atom. The van der Waals surface area contributed by atoms with E-state index in [9.17, 15) is 4.79 Å². The summed E-state index contributed by atoms with van der Waals surface area (Å²) in [7, 11) is 1.98. The van der Waals surface area contributed by atoms with Crippen LogP contribution in [0.1, 0.15) is 15.2 Å². The van der Waals surface area contributed by atoms with Gasteiger partial charge >= 0.3 is 0 Å². The second-order valence-corrected chi connectivity index (χ2v) is 5.57. The van der Waals surface area contributed by atoms with Gasteiger partial charge in [0.15, 0.2) is 6.29 Å². The second-order valence-electron chi connectivity index (χ2n) is 3.65. The predicted molar refractivity (Wildman–Crippen MR) is 73.8 cm³/mol. The summed E-state index contributed by atoms with van der Waals surface area (Å²) in [5.41, 5.74) is 0.598. The SMILES string of the molecule is CN(Cc1cc(Br)cs1)c1ccc(C=O)cn1. The molecule has 0 aromatic carbocycles. The molecule has 2 aromatic rings. The zero-order chi connectivity index (χ0) is 12.3. The molecule has 0 atom stereocenters. The lowest BCUT2D eigenvalue weighted by molar-refractivity contribution is 0.112. The van der Waals surface area contributed by atoms with E-state index in [0.717, 1.165) is 23.1 Å². The minimum atomic E-state index is 0.598. The van der Waals surface area contributed by atoms with Crippen molar-refractivity contribution >= 4 is 39.4 Å². The van der Waals surface area contributed by atoms with Gasteiger partial charge in [0.2, 0.25) is 0 Å². The molecule has 2 heterocycles. The van der Waals surface area contributed by atoms with Gasteiger partial charge in [0.05, 0.1) is 6.54 Å². The topological polar surface area (TPSA) is 33.2 Å². The van der Waals surface area contributed by atoms with Crippen LogP contribution in [0, 0.1) is 0 Å². The fourth-order valence-corrected chi connectivity index (χ4v) is 2.95. The third kappa shape index (κ3) is 3.14. The summed E-state index contributed by atoms with van der Waals surface area (Å²) in [6.45, 7) is 0.809. The van der Waals surface area contributed by atoms with Gasteiger partial charge in [-0.2, -0.15) is 0 Å². The van der Waals surface area contributed by atoms with Crippen molar-refractivity contribution in [2.75, 3.05) is 11.9 Å². The molecule has 0 aliphatic rings. The summed E-state index contributed by atoms with van der Waals surface area (Å²) in [4.78, 5) is 18.1. The number of rotatable bonds is 4. The summed E-state index contributed by atoms with van der Waals surface area (Å²) in [6.07, 6.45) is 2.39. The van der Waals surface area contributed by atoms with E-state index >= 15 is 0 Å². The van der Waals surface area contributed by atoms with Crippen molar-refractivity contribution in [1.82, 2.24) is 4.98 Å². The fraction of sp³-hybridized carbons (Fsp3) is 0.167. The molecule has 17 heavy (non-hydrogen) atoms. The number of nitrogens with zero attached hydrogens (tertiary/aromatic N) is 2. The Hall–Kier alpha value is -1.20. The van der Waals surface area contributed by atoms with Gasteiger partial charge in [-0.05, 0) is 34.1 Å². The van der Waals surface area contributed by atoms with Crippen LogP contribution < -0.4 is 4.90 Å². The molecule has 0 bridgehead atoms. The van der Waals surface area contributed by atoms with Gasteiger partial charge in [-0.3, -0.25) is 4.79 Å². The molecule has 5 heteroatoms. The summed E-state index contributed by atoms with van der Waals surface area (Å²) in [6, 6.07) is 5.73. The van der Waals surface area contributed by atoms with Gasteiger partial charge in [0.25, 0.3) is 0 Å². The van der Waals surface area contributed by atoms with Crippen LogP contribution in [0.2, 0.25) is 0 Å². The van der Waals surface area contributed by atoms with Crippen LogP contribution in [-0.4, -0.2) is 18.3 Å². The van der Waals surface area contributed by atoms with Gasteiger partial charge in [-0.15, -0.1) is 11.3 Å². The highest BCUT2D eigenvalue weighted by Gasteiger charge is 2.05. The molecule has 0 fully saturated rings. The van der Waals surface area contributed by atoms with Crippen molar-refractivity contribution in [3.05, 3.63) is 44.7 Å². The second kappa shape index (κ2) is 5.42. The van der Waals surface area contributed by atoms with Crippen molar-refractivity contribution in [3.63, 3.8) is 0 Å². The third-order valence-corrected chi connectivity index (χ3v) is 4.00. The Labute approximate surface area is 112 Å². The van der Waals surface area contributed by atoms with Crippen LogP contribution in [0.3, 0.4) is 0 Å². The fourth-order valence-electron chi connectivity index (χ4n) is 1.44. The molecular weight excluding hydrogens is 300 g/mol. The molecule has 0 spiro atoms. The molecular formula is C12H11BrN2OS. The summed E-state index contributed by atoms with van der Waals surface area (Å²) in [5.74, 6) is 0.861. The molecule has 0 aliphatic heterocycles. The van der Waals surface area contributed by atoms with Crippen LogP contribution >= 0.6 is 27.3 Å². The minimum absolute atomic E-state index is 0.598. The number of carbonyl (C=O) groups is 1. The van der Waals surface area contributed by atoms with Crippen molar-refractivity contribution in [2.45, 2.75) is 6.54 Å². The molecule has 3 nitrogen and oxygen atoms in total. The highest BCUT2D eigenvalue weighted by Crippen LogP contribution is 2.22. The maximum atomic E-state index is 10.5. The molecule has 88 valence electrons. The number of carbonyl (C=O) groups excluding carboxylic acids is 1. The van der Waals surface area contributed by atoms with E-state index in [1.807, 2.05) is 18.0 Å². The van der Waals surface area contributed by atoms with Crippen LogP contribution in [0.4, 0.5) is 5.82 Å². The predicted octanol–water partition coefficient (Wildman–Crippen LogP) is 3.35. The smallest absolute Gasteiger partial charge is 0.151 e. The Morgan fingerprint density at radius 3 is 2.88 bits per heavy atom. The molecule has 0 aliphatic carbocycles. The standard InChI is InChI=1S/C12H11BrN2OS/c1-15(6-11-4-10(13)8-17-11)12-3-2-9(7-16)5-14-12/h2-5,7-8H,6H2,1H3. The van der Waals surface area contributed by atoms with Crippen LogP contribution in [0.5, 0.6) is 0 Å². The van der Waals surface area contributed by atoms with Gasteiger partial charge in [-0.1, -0.05) is 0 Å². The van der Waals surface area contributed by atoms with E-state index in [1.54, 1.807) is 23.6 Å². The van der Waals surface area contributed by atoms with Crippen LogP contribution in [-0.2, 0) is 6.54 Å². The normalized spacial score (nSPS) is 10.2. The number of halogens is 1. The lowest BCUT2D eigenvalue weighted by atomic mass is 10.3. The quantitative estimate of drug-likeness (QED) is 0.812. The van der Waals surface area contributed by atoms with Gasteiger partial charge in [0, 0.05) is 33.5 Å². The van der Waals surface area contributed by atoms with Crippen molar-refractivity contribution in [1.29, 1.82) is 0 Å². The van der Waals surface area contributed by atoms with Gasteiger partial charge < -0.3 is 4.90 Å². The lowest BCUT2D eigenvalue weighted by Gasteiger charge is -2.16. The molecule has 0 radical (unpaired) electrons. The maximum absolute atomic E-state index is 10.5. The van der Waals surface area contributed by atoms with Crippen LogP contribution in [0.25, 0.3) is 0 Å². The Morgan fingerprint density at radius 2 is 2.35 bits per heavy atom. The average Bonchev–Trinajstić information content (AvgIpc) is 2.75. The molecule has 2 rings (SSSR count). The maximum Gasteiger partial charge on any atom is 0.151 e. The molecule has 0 saturated heterocycles. The van der Waals surface area contributed by atoms with Gasteiger partial charge in [-0.25, -0.2) is 4.98 Å². The average molecular weight is 311 g/mol. The van der Waals surface area contributed by atoms with E-state index in [0.29, 0.717) is 5.56 Å². The van der Waals surface area contributed by atoms with E-state index in [4.69, 9.17) is 0 Å². The number of aromatic nitrogens is 1. The first-order chi connectivity index (χ1) is 8.19. The van der Waals surface area contributed by atoms with E-state index in [-0.39, 0.29) is 0 Å². The Bertz CT molecular complexity index is 509. The monoisotopic (exact) mass is 310 g/mol. The first-order valence-electron chi connectivity index (χ1n) is 5.04. The molecule has 0 saturated carbocycles. The highest BCUT2D eigenvalue weighted by molar-refractivity contribution is 9.10. The summed E-state index contributed by atoms with van der Waals surface area (Å²) < 4.78 is 1.11. The Kier molecular flexibility index (Phi) is 3.91. The van der Waals surface area contributed by atoms with E-state index < -0.39 is 0 Å². The first-order valence-corrected chi connectivity index (χ1v) is 6.71. The zero-order valence-corrected chi connectivity index (χ0v) is 11.7. The number of aldehydes is 1. The van der Waals surface area contributed by atoms with Crippen molar-refractivity contribution < 1.29 is 4.79 Å². The van der Waals surface area contributed by atoms with E-state index in [1.165, 1.54) is 4.88 Å². The molecule has 0 N–H and O–H groups in total. The zero-order valence-electron chi connectivity index (χ0n) is 9.26. The number of pyridine rings is 1. The first kappa shape index (κ1) is 12.3. The van der Waals surface area contributed by atoms with Crippen molar-refractivity contribution in [3.8, 4) is 0 Å². The third-order valence-electron chi connectivity index (χ3n) is 2.31. The largest absolute Gasteiger partial charge is 0.355 e. The number of hydrogen-bond donors (Lipinski definition) is 0. The lowest BCUT2D eigenvalue weighted by Crippen LogP contribution is -2.16. The van der Waals surface area contributed by atoms with Crippen LogP contribution in [0.15, 0.2) is 34.2 Å². The molecule has 0 amide bonds. The molecule has 2 aromatic heterocycles. The van der Waals surface area contributed by atoms with Crippen molar-refractivity contribution in [2.24, 2.45) is 0 Å². The number of hydrogen-bond acceptors (Lipinski definition) is 4. The Balaban J connectivity index is 2.08. The summed E-state index contributed by atoms with van der Waals surface area (Å²) in [5, 5.41) is 2.06. The minimum Gasteiger partial charge on any atom is -0.355 e.